The molecule has 1 amide bonds. The van der Waals surface area contributed by atoms with Crippen LogP contribution in [-0.2, 0) is 16.6 Å². The lowest BCUT2D eigenvalue weighted by atomic mass is 10.1. The standard InChI is InChI=1S/C18H16N4O5S2/c1-11-4-2-3-5-13(11)16(23)20-17-21-22-18(28-17)29(24,25)19-9-12-6-7-14-15(8-12)27-10-26-14/h2-8,19H,9-10H2,1H3,(H,20,21,23). The van der Waals surface area contributed by atoms with Crippen molar-refractivity contribution in [1.29, 1.82) is 0 Å². The molecule has 1 aliphatic rings. The van der Waals surface area contributed by atoms with E-state index in [0.717, 1.165) is 16.9 Å². The van der Waals surface area contributed by atoms with Crippen LogP contribution in [-0.4, -0.2) is 31.3 Å². The van der Waals surface area contributed by atoms with Gasteiger partial charge in [-0.2, -0.15) is 0 Å². The molecule has 9 nitrogen and oxygen atoms in total. The lowest BCUT2D eigenvalue weighted by Crippen LogP contribution is -2.23. The molecule has 0 fully saturated rings. The van der Waals surface area contributed by atoms with Gasteiger partial charge in [0.15, 0.2) is 11.5 Å². The van der Waals surface area contributed by atoms with Crippen molar-refractivity contribution in [3.05, 3.63) is 59.2 Å². The van der Waals surface area contributed by atoms with Crippen LogP contribution >= 0.6 is 11.3 Å². The van der Waals surface area contributed by atoms with Crippen LogP contribution in [0.4, 0.5) is 5.13 Å². The van der Waals surface area contributed by atoms with Gasteiger partial charge in [0, 0.05) is 12.1 Å². The quantitative estimate of drug-likeness (QED) is 0.574. The normalized spacial score (nSPS) is 12.7. The monoisotopic (exact) mass is 432 g/mol. The van der Waals surface area contributed by atoms with E-state index in [1.54, 1.807) is 30.3 Å². The van der Waals surface area contributed by atoms with E-state index in [1.165, 1.54) is 0 Å². The lowest BCUT2D eigenvalue weighted by Gasteiger charge is -2.05. The Morgan fingerprint density at radius 3 is 2.76 bits per heavy atom. The molecule has 0 spiro atoms. The minimum absolute atomic E-state index is 0.0451. The Kier molecular flexibility index (Phi) is 5.18. The summed E-state index contributed by atoms with van der Waals surface area (Å²) in [5, 5.41) is 10.1. The lowest BCUT2D eigenvalue weighted by molar-refractivity contribution is 0.102. The molecule has 0 unspecified atom stereocenters. The molecule has 2 N–H and O–H groups in total. The van der Waals surface area contributed by atoms with Gasteiger partial charge in [-0.05, 0) is 36.2 Å². The maximum atomic E-state index is 12.5. The molecule has 0 bridgehead atoms. The van der Waals surface area contributed by atoms with Crippen LogP contribution in [0.3, 0.4) is 0 Å². The van der Waals surface area contributed by atoms with Gasteiger partial charge in [-0.15, -0.1) is 10.2 Å². The third-order valence-corrected chi connectivity index (χ3v) is 6.76. The maximum absolute atomic E-state index is 12.5. The molecule has 11 heteroatoms. The third-order valence-electron chi connectivity index (χ3n) is 4.15. The van der Waals surface area contributed by atoms with Crippen LogP contribution in [0.15, 0.2) is 46.8 Å². The summed E-state index contributed by atoms with van der Waals surface area (Å²) in [6.45, 7) is 2.00. The van der Waals surface area contributed by atoms with E-state index >= 15 is 0 Å². The number of carbonyl (C=O) groups excluding carboxylic acids is 1. The van der Waals surface area contributed by atoms with Crippen LogP contribution in [0.25, 0.3) is 0 Å². The smallest absolute Gasteiger partial charge is 0.270 e. The Bertz CT molecular complexity index is 1180. The number of anilines is 1. The van der Waals surface area contributed by atoms with Gasteiger partial charge in [-0.25, -0.2) is 13.1 Å². The number of sulfonamides is 1. The Morgan fingerprint density at radius 2 is 1.93 bits per heavy atom. The first-order valence-corrected chi connectivity index (χ1v) is 10.8. The van der Waals surface area contributed by atoms with Crippen molar-refractivity contribution in [1.82, 2.24) is 14.9 Å². The molecule has 1 aromatic heterocycles. The van der Waals surface area contributed by atoms with Gasteiger partial charge in [0.1, 0.15) is 0 Å². The van der Waals surface area contributed by atoms with Crippen LogP contribution in [0.1, 0.15) is 21.5 Å². The number of nitrogens with zero attached hydrogens (tertiary/aromatic N) is 2. The summed E-state index contributed by atoms with van der Waals surface area (Å²) in [6.07, 6.45) is 0. The molecule has 29 heavy (non-hydrogen) atoms. The van der Waals surface area contributed by atoms with Crippen molar-refractivity contribution in [2.75, 3.05) is 12.1 Å². The van der Waals surface area contributed by atoms with E-state index in [0.29, 0.717) is 22.6 Å². The van der Waals surface area contributed by atoms with Crippen LogP contribution in [0, 0.1) is 6.92 Å². The molecule has 0 atom stereocenters. The van der Waals surface area contributed by atoms with E-state index in [1.807, 2.05) is 19.1 Å². The predicted octanol–water partition coefficient (Wildman–Crippen LogP) is 2.31. The van der Waals surface area contributed by atoms with Crippen molar-refractivity contribution < 1.29 is 22.7 Å². The van der Waals surface area contributed by atoms with Gasteiger partial charge in [-0.3, -0.25) is 10.1 Å². The number of amides is 1. The minimum Gasteiger partial charge on any atom is -0.454 e. The Hall–Kier alpha value is -3.02. The minimum atomic E-state index is -3.89. The summed E-state index contributed by atoms with van der Waals surface area (Å²) in [5.74, 6) is 0.810. The highest BCUT2D eigenvalue weighted by Gasteiger charge is 2.22. The molecule has 0 radical (unpaired) electrons. The summed E-state index contributed by atoms with van der Waals surface area (Å²) in [7, 11) is -3.89. The van der Waals surface area contributed by atoms with Crippen LogP contribution < -0.4 is 19.5 Å². The number of benzene rings is 2. The summed E-state index contributed by atoms with van der Waals surface area (Å²) in [4.78, 5) is 12.3. The van der Waals surface area contributed by atoms with Crippen molar-refractivity contribution in [2.45, 2.75) is 17.8 Å². The van der Waals surface area contributed by atoms with Gasteiger partial charge in [0.25, 0.3) is 15.9 Å². The van der Waals surface area contributed by atoms with Gasteiger partial charge >= 0.3 is 0 Å². The number of aryl methyl sites for hydroxylation is 1. The van der Waals surface area contributed by atoms with Crippen molar-refractivity contribution in [2.24, 2.45) is 0 Å². The number of carbonyl (C=O) groups is 1. The SMILES string of the molecule is Cc1ccccc1C(=O)Nc1nnc(S(=O)(=O)NCc2ccc3c(c2)OCO3)s1. The second kappa shape index (κ2) is 7.78. The fourth-order valence-electron chi connectivity index (χ4n) is 2.65. The fourth-order valence-corrected chi connectivity index (χ4v) is 4.61. The van der Waals surface area contributed by atoms with Gasteiger partial charge in [0.05, 0.1) is 0 Å². The summed E-state index contributed by atoms with van der Waals surface area (Å²) >= 11 is 0.775. The molecule has 150 valence electrons. The van der Waals surface area contributed by atoms with E-state index in [4.69, 9.17) is 9.47 Å². The Labute approximate surface area is 170 Å². The summed E-state index contributed by atoms with van der Waals surface area (Å²) in [5.41, 5.74) is 1.98. The zero-order chi connectivity index (χ0) is 20.4. The molecule has 2 aromatic carbocycles. The summed E-state index contributed by atoms with van der Waals surface area (Å²) < 4.78 is 37.7. The zero-order valence-corrected chi connectivity index (χ0v) is 16.8. The zero-order valence-electron chi connectivity index (χ0n) is 15.2. The first-order valence-electron chi connectivity index (χ1n) is 8.51. The number of rotatable bonds is 6. The Balaban J connectivity index is 1.42. The van der Waals surface area contributed by atoms with E-state index in [9.17, 15) is 13.2 Å². The third kappa shape index (κ3) is 4.21. The van der Waals surface area contributed by atoms with Gasteiger partial charge in [-0.1, -0.05) is 35.6 Å². The second-order valence-electron chi connectivity index (χ2n) is 6.15. The number of ether oxygens (including phenoxy) is 2. The van der Waals surface area contributed by atoms with Crippen molar-refractivity contribution in [3.8, 4) is 11.5 Å². The first-order chi connectivity index (χ1) is 13.9. The molecule has 0 saturated carbocycles. The van der Waals surface area contributed by atoms with Crippen molar-refractivity contribution >= 4 is 32.4 Å². The second-order valence-corrected chi connectivity index (χ2v) is 9.07. The molecule has 4 rings (SSSR count). The van der Waals surface area contributed by atoms with Crippen molar-refractivity contribution in [3.63, 3.8) is 0 Å². The molecule has 2 heterocycles. The van der Waals surface area contributed by atoms with Crippen LogP contribution in [0.5, 0.6) is 11.5 Å². The number of hydrogen-bond donors (Lipinski definition) is 2. The average Bonchev–Trinajstić information content (AvgIpc) is 3.36. The molecule has 0 saturated heterocycles. The molecule has 0 aliphatic carbocycles. The maximum Gasteiger partial charge on any atom is 0.270 e. The average molecular weight is 432 g/mol. The molecular weight excluding hydrogens is 416 g/mol. The van der Waals surface area contributed by atoms with E-state index < -0.39 is 10.0 Å². The molecular formula is C18H16N4O5S2. The van der Waals surface area contributed by atoms with Crippen LogP contribution in [0.2, 0.25) is 0 Å². The highest BCUT2D eigenvalue weighted by molar-refractivity contribution is 7.91. The number of fused-ring (bicyclic) bond motifs is 1. The number of nitrogens with one attached hydrogen (secondary N) is 2. The molecule has 1 aliphatic heterocycles. The first kappa shape index (κ1) is 19.3. The number of hydrogen-bond acceptors (Lipinski definition) is 8. The highest BCUT2D eigenvalue weighted by Crippen LogP contribution is 2.32. The van der Waals surface area contributed by atoms with Gasteiger partial charge < -0.3 is 9.47 Å². The Morgan fingerprint density at radius 1 is 1.14 bits per heavy atom. The molecule has 3 aromatic rings. The largest absolute Gasteiger partial charge is 0.454 e. The topological polar surface area (TPSA) is 120 Å². The highest BCUT2D eigenvalue weighted by atomic mass is 32.2. The van der Waals surface area contributed by atoms with E-state index in [2.05, 4.69) is 20.2 Å². The fraction of sp³-hybridized carbons (Fsp3) is 0.167. The van der Waals surface area contributed by atoms with Gasteiger partial charge in [0.2, 0.25) is 16.3 Å². The van der Waals surface area contributed by atoms with E-state index in [-0.39, 0.29) is 28.7 Å². The number of aromatic nitrogens is 2. The summed E-state index contributed by atoms with van der Waals surface area (Å²) in [6, 6.07) is 12.2. The predicted molar refractivity (Wildman–Crippen MR) is 106 cm³/mol.